The average molecular weight is 326 g/mol. The minimum absolute atomic E-state index is 0.127. The molecule has 2 aromatic heterocycles. The first kappa shape index (κ1) is 16.4. The quantitative estimate of drug-likeness (QED) is 0.929. The van der Waals surface area contributed by atoms with E-state index in [1.165, 1.54) is 0 Å². The molecule has 0 aliphatic carbocycles. The molecule has 1 aliphatic rings. The zero-order valence-corrected chi connectivity index (χ0v) is 13.9. The highest BCUT2D eigenvalue weighted by molar-refractivity contribution is 5.76. The molecule has 0 radical (unpaired) electrons. The fraction of sp³-hybridized carbons (Fsp3) is 0.444. The Morgan fingerprint density at radius 2 is 2.33 bits per heavy atom. The van der Waals surface area contributed by atoms with Crippen LogP contribution in [0.5, 0.6) is 0 Å². The topological polar surface area (TPSA) is 79.0 Å². The lowest BCUT2D eigenvalue weighted by molar-refractivity contribution is -0.132. The first-order chi connectivity index (χ1) is 11.6. The summed E-state index contributed by atoms with van der Waals surface area (Å²) in [5.41, 5.74) is 1.74. The van der Waals surface area contributed by atoms with Crippen LogP contribution in [0.25, 0.3) is 0 Å². The van der Waals surface area contributed by atoms with Crippen LogP contribution in [0.1, 0.15) is 42.3 Å². The first-order valence-electron chi connectivity index (χ1n) is 8.36. The number of nitrogens with zero attached hydrogens (tertiary/aromatic N) is 3. The van der Waals surface area contributed by atoms with Gasteiger partial charge in [0.05, 0.1) is 5.69 Å². The predicted octanol–water partition coefficient (Wildman–Crippen LogP) is 1.81. The summed E-state index contributed by atoms with van der Waals surface area (Å²) in [7, 11) is 0. The van der Waals surface area contributed by atoms with Crippen LogP contribution in [0.2, 0.25) is 0 Å². The van der Waals surface area contributed by atoms with Crippen LogP contribution in [-0.4, -0.2) is 38.8 Å². The number of pyridine rings is 1. The smallest absolute Gasteiger partial charge is 0.251 e. The van der Waals surface area contributed by atoms with Crippen LogP contribution in [0.15, 0.2) is 35.4 Å². The first-order valence-corrected chi connectivity index (χ1v) is 8.36. The fourth-order valence-electron chi connectivity index (χ4n) is 3.21. The van der Waals surface area contributed by atoms with E-state index in [9.17, 15) is 9.59 Å². The summed E-state index contributed by atoms with van der Waals surface area (Å²) in [6.45, 7) is 3.21. The van der Waals surface area contributed by atoms with E-state index in [2.05, 4.69) is 15.0 Å². The Balaban J connectivity index is 1.62. The van der Waals surface area contributed by atoms with Crippen LogP contribution in [0.3, 0.4) is 0 Å². The van der Waals surface area contributed by atoms with Crippen molar-refractivity contribution in [1.29, 1.82) is 0 Å². The van der Waals surface area contributed by atoms with Crippen molar-refractivity contribution in [3.05, 3.63) is 58.0 Å². The fourth-order valence-corrected chi connectivity index (χ4v) is 3.21. The lowest BCUT2D eigenvalue weighted by Crippen LogP contribution is -2.39. The highest BCUT2D eigenvalue weighted by atomic mass is 16.2. The number of piperidine rings is 1. The number of hydrogen-bond acceptors (Lipinski definition) is 4. The van der Waals surface area contributed by atoms with E-state index >= 15 is 0 Å². The third-order valence-electron chi connectivity index (χ3n) is 4.42. The molecule has 1 amide bonds. The van der Waals surface area contributed by atoms with Crippen molar-refractivity contribution in [2.24, 2.45) is 0 Å². The second-order valence-corrected chi connectivity index (χ2v) is 6.30. The monoisotopic (exact) mass is 326 g/mol. The molecule has 0 saturated carbocycles. The second kappa shape index (κ2) is 7.38. The standard InChI is InChI=1S/C18H22N4O2/c1-13-20-16(10-17(23)21-13)15-5-3-9-22(12-15)18(24)7-6-14-4-2-8-19-11-14/h2,4,8,10-11,15H,3,5-7,9,12H2,1H3,(H,20,21,23)/t15-/m1/s1. The van der Waals surface area contributed by atoms with E-state index < -0.39 is 0 Å². The molecule has 1 aliphatic heterocycles. The van der Waals surface area contributed by atoms with Crippen LogP contribution in [0.4, 0.5) is 0 Å². The van der Waals surface area contributed by atoms with Gasteiger partial charge in [0.1, 0.15) is 5.82 Å². The number of amides is 1. The zero-order valence-electron chi connectivity index (χ0n) is 13.9. The van der Waals surface area contributed by atoms with E-state index in [0.717, 1.165) is 30.6 Å². The molecule has 0 bridgehead atoms. The van der Waals surface area contributed by atoms with E-state index in [0.29, 0.717) is 25.2 Å². The Morgan fingerprint density at radius 3 is 3.08 bits per heavy atom. The van der Waals surface area contributed by atoms with E-state index in [4.69, 9.17) is 0 Å². The summed E-state index contributed by atoms with van der Waals surface area (Å²) < 4.78 is 0. The number of hydrogen-bond donors (Lipinski definition) is 1. The van der Waals surface area contributed by atoms with Gasteiger partial charge in [-0.1, -0.05) is 6.07 Å². The molecule has 3 heterocycles. The molecule has 1 fully saturated rings. The molecule has 0 unspecified atom stereocenters. The largest absolute Gasteiger partial charge is 0.342 e. The Hall–Kier alpha value is -2.50. The lowest BCUT2D eigenvalue weighted by Gasteiger charge is -2.32. The maximum atomic E-state index is 12.5. The van der Waals surface area contributed by atoms with Gasteiger partial charge in [-0.3, -0.25) is 14.6 Å². The number of carbonyl (C=O) groups is 1. The number of nitrogens with one attached hydrogen (secondary N) is 1. The molecule has 1 N–H and O–H groups in total. The SMILES string of the molecule is Cc1nc([C@@H]2CCCN(C(=O)CCc3cccnc3)C2)cc(=O)[nH]1. The van der Waals surface area contributed by atoms with Crippen LogP contribution < -0.4 is 5.56 Å². The van der Waals surface area contributed by atoms with E-state index in [1.54, 1.807) is 25.4 Å². The van der Waals surface area contributed by atoms with Crippen molar-refractivity contribution in [3.63, 3.8) is 0 Å². The molecule has 6 heteroatoms. The molecule has 2 aromatic rings. The van der Waals surface area contributed by atoms with Gasteiger partial charge < -0.3 is 9.88 Å². The summed E-state index contributed by atoms with van der Waals surface area (Å²) in [5, 5.41) is 0. The molecule has 126 valence electrons. The molecule has 24 heavy (non-hydrogen) atoms. The summed E-state index contributed by atoms with van der Waals surface area (Å²) in [6, 6.07) is 5.43. The molecular formula is C18H22N4O2. The van der Waals surface area contributed by atoms with Crippen LogP contribution in [0, 0.1) is 6.92 Å². The van der Waals surface area contributed by atoms with E-state index in [1.807, 2.05) is 17.0 Å². The zero-order chi connectivity index (χ0) is 16.9. The van der Waals surface area contributed by atoms with Crippen molar-refractivity contribution in [3.8, 4) is 0 Å². The van der Waals surface area contributed by atoms with Gasteiger partial charge in [-0.15, -0.1) is 0 Å². The Labute approximate surface area is 141 Å². The minimum atomic E-state index is -0.127. The predicted molar refractivity (Wildman–Crippen MR) is 90.7 cm³/mol. The Morgan fingerprint density at radius 1 is 1.46 bits per heavy atom. The number of aromatic nitrogens is 3. The summed E-state index contributed by atoms with van der Waals surface area (Å²) >= 11 is 0. The van der Waals surface area contributed by atoms with Gasteiger partial charge in [-0.25, -0.2) is 4.98 Å². The third kappa shape index (κ3) is 4.07. The molecule has 0 aromatic carbocycles. The van der Waals surface area contributed by atoms with Crippen LogP contribution >= 0.6 is 0 Å². The van der Waals surface area contributed by atoms with Gasteiger partial charge in [0.15, 0.2) is 0 Å². The number of aryl methyl sites for hydroxylation is 2. The maximum Gasteiger partial charge on any atom is 0.251 e. The van der Waals surface area contributed by atoms with Gasteiger partial charge in [-0.05, 0) is 37.8 Å². The van der Waals surface area contributed by atoms with E-state index in [-0.39, 0.29) is 17.4 Å². The summed E-state index contributed by atoms with van der Waals surface area (Å²) in [5.74, 6) is 0.921. The number of carbonyl (C=O) groups excluding carboxylic acids is 1. The number of H-pyrrole nitrogens is 1. The summed E-state index contributed by atoms with van der Waals surface area (Å²) in [4.78, 5) is 37.2. The number of aromatic amines is 1. The number of rotatable bonds is 4. The van der Waals surface area contributed by atoms with Crippen molar-refractivity contribution in [2.45, 2.75) is 38.5 Å². The van der Waals surface area contributed by atoms with Crippen molar-refractivity contribution in [1.82, 2.24) is 19.9 Å². The van der Waals surface area contributed by atoms with Gasteiger partial charge in [0.25, 0.3) is 5.56 Å². The van der Waals surface area contributed by atoms with Gasteiger partial charge in [0, 0.05) is 43.9 Å². The molecule has 0 spiro atoms. The van der Waals surface area contributed by atoms with Crippen LogP contribution in [-0.2, 0) is 11.2 Å². The Kier molecular flexibility index (Phi) is 5.03. The highest BCUT2D eigenvalue weighted by Gasteiger charge is 2.25. The maximum absolute atomic E-state index is 12.5. The van der Waals surface area contributed by atoms with Gasteiger partial charge >= 0.3 is 0 Å². The van der Waals surface area contributed by atoms with Crippen molar-refractivity contribution < 1.29 is 4.79 Å². The molecular weight excluding hydrogens is 304 g/mol. The van der Waals surface area contributed by atoms with Gasteiger partial charge in [-0.2, -0.15) is 0 Å². The molecule has 1 saturated heterocycles. The third-order valence-corrected chi connectivity index (χ3v) is 4.42. The Bertz CT molecular complexity index is 757. The number of likely N-dealkylation sites (tertiary alicyclic amines) is 1. The molecule has 1 atom stereocenters. The normalized spacial score (nSPS) is 17.7. The summed E-state index contributed by atoms with van der Waals surface area (Å²) in [6.07, 6.45) is 6.63. The van der Waals surface area contributed by atoms with Crippen molar-refractivity contribution in [2.75, 3.05) is 13.1 Å². The minimum Gasteiger partial charge on any atom is -0.342 e. The highest BCUT2D eigenvalue weighted by Crippen LogP contribution is 2.25. The second-order valence-electron chi connectivity index (χ2n) is 6.30. The van der Waals surface area contributed by atoms with Gasteiger partial charge in [0.2, 0.25) is 5.91 Å². The molecule has 6 nitrogen and oxygen atoms in total. The average Bonchev–Trinajstić information content (AvgIpc) is 2.60. The molecule has 3 rings (SSSR count). The lowest BCUT2D eigenvalue weighted by atomic mass is 9.94. The van der Waals surface area contributed by atoms with Crippen molar-refractivity contribution >= 4 is 5.91 Å².